The van der Waals surface area contributed by atoms with Gasteiger partial charge in [-0.05, 0) is 50.9 Å². The van der Waals surface area contributed by atoms with E-state index in [1.54, 1.807) is 0 Å². The molecule has 0 spiro atoms. The highest BCUT2D eigenvalue weighted by molar-refractivity contribution is 5.40. The summed E-state index contributed by atoms with van der Waals surface area (Å²) in [7, 11) is 0. The molecular formula is C16H25N5. The van der Waals surface area contributed by atoms with Gasteiger partial charge in [-0.15, -0.1) is 0 Å². The SMILES string of the molecule is CC(C)N1CCCCC1Cc1nc2cc(CN)ccn2n1. The van der Waals surface area contributed by atoms with Gasteiger partial charge < -0.3 is 5.73 Å². The maximum atomic E-state index is 5.68. The van der Waals surface area contributed by atoms with E-state index in [9.17, 15) is 0 Å². The van der Waals surface area contributed by atoms with Gasteiger partial charge in [0.25, 0.3) is 0 Å². The predicted molar refractivity (Wildman–Crippen MR) is 84.1 cm³/mol. The summed E-state index contributed by atoms with van der Waals surface area (Å²) < 4.78 is 1.86. The third-order valence-corrected chi connectivity index (χ3v) is 4.44. The molecule has 21 heavy (non-hydrogen) atoms. The van der Waals surface area contributed by atoms with E-state index in [2.05, 4.69) is 28.8 Å². The van der Waals surface area contributed by atoms with Gasteiger partial charge in [0.1, 0.15) is 0 Å². The van der Waals surface area contributed by atoms with Crippen LogP contribution in [0.2, 0.25) is 0 Å². The van der Waals surface area contributed by atoms with Gasteiger partial charge in [0.05, 0.1) is 0 Å². The Hall–Kier alpha value is -1.46. The average Bonchev–Trinajstić information content (AvgIpc) is 2.88. The van der Waals surface area contributed by atoms with Crippen molar-refractivity contribution in [1.82, 2.24) is 19.5 Å². The highest BCUT2D eigenvalue weighted by Crippen LogP contribution is 2.22. The van der Waals surface area contributed by atoms with Crippen molar-refractivity contribution in [3.05, 3.63) is 29.7 Å². The molecule has 0 bridgehead atoms. The van der Waals surface area contributed by atoms with Crippen LogP contribution in [0, 0.1) is 0 Å². The molecule has 2 aromatic heterocycles. The van der Waals surface area contributed by atoms with E-state index in [0.29, 0.717) is 18.6 Å². The van der Waals surface area contributed by atoms with Crippen LogP contribution in [0.25, 0.3) is 5.65 Å². The summed E-state index contributed by atoms with van der Waals surface area (Å²) in [5.74, 6) is 0.946. The molecular weight excluding hydrogens is 262 g/mol. The van der Waals surface area contributed by atoms with E-state index in [1.807, 2.05) is 22.8 Å². The van der Waals surface area contributed by atoms with E-state index in [-0.39, 0.29) is 0 Å². The number of rotatable bonds is 4. The fraction of sp³-hybridized carbons (Fsp3) is 0.625. The Morgan fingerprint density at radius 1 is 1.38 bits per heavy atom. The zero-order valence-corrected chi connectivity index (χ0v) is 13.0. The van der Waals surface area contributed by atoms with Gasteiger partial charge in [-0.25, -0.2) is 9.50 Å². The molecule has 1 atom stereocenters. The molecule has 1 saturated heterocycles. The molecule has 0 saturated carbocycles. The first-order valence-electron chi connectivity index (χ1n) is 7.97. The quantitative estimate of drug-likeness (QED) is 0.934. The van der Waals surface area contributed by atoms with Crippen molar-refractivity contribution in [2.24, 2.45) is 5.73 Å². The van der Waals surface area contributed by atoms with E-state index >= 15 is 0 Å². The second-order valence-electron chi connectivity index (χ2n) is 6.26. The van der Waals surface area contributed by atoms with Crippen LogP contribution in [0.5, 0.6) is 0 Å². The number of nitrogens with zero attached hydrogens (tertiary/aromatic N) is 4. The minimum absolute atomic E-state index is 0.544. The zero-order valence-electron chi connectivity index (χ0n) is 13.0. The Kier molecular flexibility index (Phi) is 4.22. The van der Waals surface area contributed by atoms with Gasteiger partial charge >= 0.3 is 0 Å². The molecule has 1 unspecified atom stereocenters. The molecule has 0 aliphatic carbocycles. The lowest BCUT2D eigenvalue weighted by molar-refractivity contribution is 0.110. The molecule has 0 aromatic carbocycles. The van der Waals surface area contributed by atoms with Gasteiger partial charge in [-0.3, -0.25) is 4.90 Å². The molecule has 1 aliphatic heterocycles. The standard InChI is InChI=1S/C16H25N5/c1-12(2)20-7-4-3-5-14(20)10-15-18-16-9-13(11-17)6-8-21(16)19-15/h6,8-9,12,14H,3-5,7,10-11,17H2,1-2H3. The summed E-state index contributed by atoms with van der Waals surface area (Å²) >= 11 is 0. The van der Waals surface area contributed by atoms with E-state index in [0.717, 1.165) is 23.5 Å². The summed E-state index contributed by atoms with van der Waals surface area (Å²) in [6, 6.07) is 5.20. The number of nitrogens with two attached hydrogens (primary N) is 1. The predicted octanol–water partition coefficient (Wildman–Crippen LogP) is 1.99. The summed E-state index contributed by atoms with van der Waals surface area (Å²) in [6.07, 6.45) is 6.78. The molecule has 5 heteroatoms. The second-order valence-corrected chi connectivity index (χ2v) is 6.26. The number of aromatic nitrogens is 3. The van der Waals surface area contributed by atoms with Crippen LogP contribution in [-0.2, 0) is 13.0 Å². The molecule has 5 nitrogen and oxygen atoms in total. The summed E-state index contributed by atoms with van der Waals surface area (Å²) in [5.41, 5.74) is 7.69. The van der Waals surface area contributed by atoms with Crippen molar-refractivity contribution < 1.29 is 0 Å². The number of likely N-dealkylation sites (tertiary alicyclic amines) is 1. The first-order chi connectivity index (χ1) is 10.2. The average molecular weight is 287 g/mol. The van der Waals surface area contributed by atoms with Crippen LogP contribution in [-0.4, -0.2) is 38.1 Å². The van der Waals surface area contributed by atoms with Crippen LogP contribution in [0.4, 0.5) is 0 Å². The lowest BCUT2D eigenvalue weighted by Crippen LogP contribution is -2.45. The van der Waals surface area contributed by atoms with Crippen LogP contribution in [0.1, 0.15) is 44.5 Å². The lowest BCUT2D eigenvalue weighted by atomic mass is 9.97. The number of pyridine rings is 1. The lowest BCUT2D eigenvalue weighted by Gasteiger charge is -2.38. The maximum absolute atomic E-state index is 5.68. The minimum atomic E-state index is 0.544. The van der Waals surface area contributed by atoms with Crippen molar-refractivity contribution >= 4 is 5.65 Å². The third-order valence-electron chi connectivity index (χ3n) is 4.44. The van der Waals surface area contributed by atoms with Gasteiger partial charge in [-0.1, -0.05) is 6.42 Å². The smallest absolute Gasteiger partial charge is 0.155 e. The first-order valence-corrected chi connectivity index (χ1v) is 7.97. The van der Waals surface area contributed by atoms with E-state index in [1.165, 1.54) is 25.8 Å². The summed E-state index contributed by atoms with van der Waals surface area (Å²) in [5, 5.41) is 4.61. The Bertz CT molecular complexity index is 604. The molecule has 3 heterocycles. The van der Waals surface area contributed by atoms with Gasteiger partial charge in [-0.2, -0.15) is 5.10 Å². The fourth-order valence-electron chi connectivity index (χ4n) is 3.32. The van der Waals surface area contributed by atoms with Crippen molar-refractivity contribution in [1.29, 1.82) is 0 Å². The van der Waals surface area contributed by atoms with Crippen LogP contribution < -0.4 is 5.73 Å². The van der Waals surface area contributed by atoms with Crippen molar-refractivity contribution in [2.75, 3.05) is 6.54 Å². The van der Waals surface area contributed by atoms with E-state index in [4.69, 9.17) is 5.73 Å². The summed E-state index contributed by atoms with van der Waals surface area (Å²) in [6.45, 7) is 6.31. The number of hydrogen-bond acceptors (Lipinski definition) is 4. The topological polar surface area (TPSA) is 59.5 Å². The molecule has 1 aliphatic rings. The maximum Gasteiger partial charge on any atom is 0.155 e. The first kappa shape index (κ1) is 14.5. The van der Waals surface area contributed by atoms with Crippen molar-refractivity contribution in [2.45, 2.75) is 58.2 Å². The molecule has 0 radical (unpaired) electrons. The number of fused-ring (bicyclic) bond motifs is 1. The highest BCUT2D eigenvalue weighted by atomic mass is 15.3. The highest BCUT2D eigenvalue weighted by Gasteiger charge is 2.25. The van der Waals surface area contributed by atoms with Crippen LogP contribution in [0.15, 0.2) is 18.3 Å². The largest absolute Gasteiger partial charge is 0.326 e. The monoisotopic (exact) mass is 287 g/mol. The normalized spacial score (nSPS) is 20.5. The van der Waals surface area contributed by atoms with Crippen LogP contribution in [0.3, 0.4) is 0 Å². The van der Waals surface area contributed by atoms with Crippen LogP contribution >= 0.6 is 0 Å². The molecule has 0 amide bonds. The number of hydrogen-bond donors (Lipinski definition) is 1. The minimum Gasteiger partial charge on any atom is -0.326 e. The Balaban J connectivity index is 1.80. The fourth-order valence-corrected chi connectivity index (χ4v) is 3.32. The van der Waals surface area contributed by atoms with Gasteiger partial charge in [0.15, 0.2) is 11.5 Å². The van der Waals surface area contributed by atoms with Crippen molar-refractivity contribution in [3.63, 3.8) is 0 Å². The second kappa shape index (κ2) is 6.12. The molecule has 2 N–H and O–H groups in total. The molecule has 114 valence electrons. The third kappa shape index (κ3) is 3.09. The molecule has 1 fully saturated rings. The van der Waals surface area contributed by atoms with Gasteiger partial charge in [0, 0.05) is 31.2 Å². The molecule has 2 aromatic rings. The summed E-state index contributed by atoms with van der Waals surface area (Å²) in [4.78, 5) is 7.28. The van der Waals surface area contributed by atoms with E-state index < -0.39 is 0 Å². The Labute approximate surface area is 126 Å². The van der Waals surface area contributed by atoms with Gasteiger partial charge in [0.2, 0.25) is 0 Å². The molecule has 3 rings (SSSR count). The van der Waals surface area contributed by atoms with Crippen molar-refractivity contribution in [3.8, 4) is 0 Å². The number of piperidine rings is 1. The Morgan fingerprint density at radius 2 is 2.24 bits per heavy atom. The Morgan fingerprint density at radius 3 is 3.00 bits per heavy atom. The zero-order chi connectivity index (χ0) is 14.8.